The summed E-state index contributed by atoms with van der Waals surface area (Å²) >= 11 is 0. The highest BCUT2D eigenvalue weighted by atomic mass is 16.2. The first-order chi connectivity index (χ1) is 10.8. The first-order valence-electron chi connectivity index (χ1n) is 8.02. The zero-order chi connectivity index (χ0) is 17.8. The number of amides is 3. The van der Waals surface area contributed by atoms with Crippen molar-refractivity contribution in [3.05, 3.63) is 0 Å². The number of hydrogen-bond donors (Lipinski definition) is 2. The monoisotopic (exact) mass is 327 g/mol. The topological polar surface area (TPSA) is 95.6 Å². The fourth-order valence-corrected chi connectivity index (χ4v) is 2.18. The van der Waals surface area contributed by atoms with Crippen LogP contribution in [0, 0.1) is 5.92 Å². The molecule has 0 spiro atoms. The van der Waals surface area contributed by atoms with E-state index >= 15 is 0 Å². The number of ketones is 1. The van der Waals surface area contributed by atoms with Gasteiger partial charge < -0.3 is 10.6 Å². The molecular formula is C16H29N3O4. The molecule has 3 amide bonds. The van der Waals surface area contributed by atoms with Crippen LogP contribution >= 0.6 is 0 Å². The minimum atomic E-state index is -0.474. The molecule has 2 N–H and O–H groups in total. The van der Waals surface area contributed by atoms with Gasteiger partial charge in [-0.15, -0.1) is 0 Å². The number of rotatable bonds is 12. The van der Waals surface area contributed by atoms with E-state index in [1.165, 1.54) is 6.92 Å². The lowest BCUT2D eigenvalue weighted by Gasteiger charge is -2.21. The van der Waals surface area contributed by atoms with Gasteiger partial charge >= 0.3 is 0 Å². The molecule has 0 aromatic rings. The first-order valence-corrected chi connectivity index (χ1v) is 8.02. The first kappa shape index (κ1) is 21.2. The number of carbonyl (C=O) groups is 4. The Kier molecular flexibility index (Phi) is 10.9. The number of likely N-dealkylation sites (N-methyl/N-ethyl adjacent to an activating group) is 1. The number of nitrogens with one attached hydrogen (secondary N) is 2. The van der Waals surface area contributed by atoms with Crippen LogP contribution in [0.15, 0.2) is 0 Å². The van der Waals surface area contributed by atoms with E-state index in [0.29, 0.717) is 32.2 Å². The number of hydrogen-bond acceptors (Lipinski definition) is 5. The van der Waals surface area contributed by atoms with Crippen LogP contribution in [0.5, 0.6) is 0 Å². The van der Waals surface area contributed by atoms with Crippen LogP contribution in [0.4, 0.5) is 0 Å². The van der Waals surface area contributed by atoms with Crippen molar-refractivity contribution in [3.63, 3.8) is 0 Å². The highest BCUT2D eigenvalue weighted by Crippen LogP contribution is 2.06. The molecular weight excluding hydrogens is 298 g/mol. The minimum Gasteiger partial charge on any atom is -0.346 e. The molecule has 0 heterocycles. The number of unbranched alkanes of at least 4 members (excludes halogenated alkanes) is 2. The summed E-state index contributed by atoms with van der Waals surface area (Å²) in [7, 11) is 1.70. The largest absolute Gasteiger partial charge is 0.346 e. The molecule has 0 saturated carbocycles. The molecule has 0 aliphatic rings. The van der Waals surface area contributed by atoms with Crippen molar-refractivity contribution in [2.45, 2.75) is 52.5 Å². The number of Topliss-reactive ketones (excluding diaryl/α,β-unsaturated/α-hetero) is 1. The van der Waals surface area contributed by atoms with Crippen molar-refractivity contribution in [1.82, 2.24) is 15.5 Å². The minimum absolute atomic E-state index is 0.0288. The van der Waals surface area contributed by atoms with Gasteiger partial charge in [0.2, 0.25) is 18.2 Å². The molecule has 0 aromatic carbocycles. The lowest BCUT2D eigenvalue weighted by atomic mass is 9.99. The van der Waals surface area contributed by atoms with Gasteiger partial charge in [-0.3, -0.25) is 24.1 Å². The quantitative estimate of drug-likeness (QED) is 0.401. The zero-order valence-electron chi connectivity index (χ0n) is 14.6. The Balaban J connectivity index is 4.07. The second-order valence-electron chi connectivity index (χ2n) is 5.91. The summed E-state index contributed by atoms with van der Waals surface area (Å²) in [5.41, 5.74) is 0. The third kappa shape index (κ3) is 9.07. The standard InChI is InChI=1S/C16H29N3O4/c1-12(2)16(14(22)10-17-4)18-15(23)8-6-5-7-9-19(11-20)13(3)21/h11-12,16-17H,5-10H2,1-4H3,(H,18,23). The van der Waals surface area contributed by atoms with E-state index in [1.54, 1.807) is 7.05 Å². The Bertz CT molecular complexity index is 410. The molecule has 0 rings (SSSR count). The van der Waals surface area contributed by atoms with Crippen LogP contribution in [0.3, 0.4) is 0 Å². The average molecular weight is 327 g/mol. The average Bonchev–Trinajstić information content (AvgIpc) is 2.47. The molecule has 7 heteroatoms. The van der Waals surface area contributed by atoms with Crippen LogP contribution < -0.4 is 10.6 Å². The summed E-state index contributed by atoms with van der Waals surface area (Å²) in [5, 5.41) is 5.58. The van der Waals surface area contributed by atoms with Gasteiger partial charge in [0.15, 0.2) is 5.78 Å². The van der Waals surface area contributed by atoms with Crippen LogP contribution in [0.25, 0.3) is 0 Å². The molecule has 1 unspecified atom stereocenters. The Morgan fingerprint density at radius 1 is 1.13 bits per heavy atom. The second-order valence-corrected chi connectivity index (χ2v) is 5.91. The Morgan fingerprint density at radius 3 is 2.26 bits per heavy atom. The van der Waals surface area contributed by atoms with E-state index in [2.05, 4.69) is 10.6 Å². The van der Waals surface area contributed by atoms with Crippen LogP contribution in [-0.2, 0) is 19.2 Å². The van der Waals surface area contributed by atoms with Crippen molar-refractivity contribution in [1.29, 1.82) is 0 Å². The summed E-state index contributed by atoms with van der Waals surface area (Å²) in [4.78, 5) is 46.6. The highest BCUT2D eigenvalue weighted by Gasteiger charge is 2.22. The molecule has 1 atom stereocenters. The SMILES string of the molecule is CNCC(=O)C(NC(=O)CCCCCN(C=O)C(C)=O)C(C)C. The smallest absolute Gasteiger partial charge is 0.225 e. The maximum atomic E-state index is 11.9. The van der Waals surface area contributed by atoms with Crippen molar-refractivity contribution in [3.8, 4) is 0 Å². The maximum Gasteiger partial charge on any atom is 0.225 e. The fraction of sp³-hybridized carbons (Fsp3) is 0.750. The predicted molar refractivity (Wildman–Crippen MR) is 87.6 cm³/mol. The van der Waals surface area contributed by atoms with Gasteiger partial charge in [-0.2, -0.15) is 0 Å². The predicted octanol–water partition coefficient (Wildman–Crippen LogP) is 0.481. The number of carbonyl (C=O) groups excluding carboxylic acids is 4. The van der Waals surface area contributed by atoms with E-state index in [1.807, 2.05) is 13.8 Å². The molecule has 0 saturated heterocycles. The van der Waals surface area contributed by atoms with E-state index in [4.69, 9.17) is 0 Å². The fourth-order valence-electron chi connectivity index (χ4n) is 2.18. The molecule has 7 nitrogen and oxygen atoms in total. The molecule has 132 valence electrons. The lowest BCUT2D eigenvalue weighted by Crippen LogP contribution is -2.47. The molecule has 0 aliphatic heterocycles. The normalized spacial score (nSPS) is 11.9. The van der Waals surface area contributed by atoms with E-state index in [0.717, 1.165) is 11.3 Å². The molecule has 0 aliphatic carbocycles. The third-order valence-corrected chi connectivity index (χ3v) is 3.52. The van der Waals surface area contributed by atoms with Gasteiger partial charge in [0.1, 0.15) is 0 Å². The summed E-state index contributed by atoms with van der Waals surface area (Å²) in [5.74, 6) is -0.414. The highest BCUT2D eigenvalue weighted by molar-refractivity contribution is 5.90. The number of imide groups is 1. The Morgan fingerprint density at radius 2 is 1.78 bits per heavy atom. The van der Waals surface area contributed by atoms with Gasteiger partial charge in [0.25, 0.3) is 0 Å². The molecule has 0 fully saturated rings. The lowest BCUT2D eigenvalue weighted by molar-refractivity contribution is -0.136. The van der Waals surface area contributed by atoms with Crippen LogP contribution in [0.2, 0.25) is 0 Å². The zero-order valence-corrected chi connectivity index (χ0v) is 14.6. The summed E-state index contributed by atoms with van der Waals surface area (Å²) in [6.45, 7) is 5.74. The van der Waals surface area contributed by atoms with E-state index in [9.17, 15) is 19.2 Å². The summed E-state index contributed by atoms with van der Waals surface area (Å²) in [6.07, 6.45) is 2.91. The van der Waals surface area contributed by atoms with Gasteiger partial charge in [0, 0.05) is 19.9 Å². The van der Waals surface area contributed by atoms with Crippen molar-refractivity contribution in [2.75, 3.05) is 20.1 Å². The summed E-state index contributed by atoms with van der Waals surface area (Å²) < 4.78 is 0. The number of nitrogens with zero attached hydrogens (tertiary/aromatic N) is 1. The van der Waals surface area contributed by atoms with Gasteiger partial charge in [0.05, 0.1) is 12.6 Å². The third-order valence-electron chi connectivity index (χ3n) is 3.52. The Hall–Kier alpha value is -1.76. The van der Waals surface area contributed by atoms with Gasteiger partial charge in [-0.1, -0.05) is 20.3 Å². The van der Waals surface area contributed by atoms with E-state index in [-0.39, 0.29) is 30.1 Å². The molecule has 0 bridgehead atoms. The van der Waals surface area contributed by atoms with Crippen LogP contribution in [0.1, 0.15) is 46.5 Å². The second kappa shape index (κ2) is 11.8. The van der Waals surface area contributed by atoms with Crippen LogP contribution in [-0.4, -0.2) is 55.1 Å². The van der Waals surface area contributed by atoms with E-state index < -0.39 is 6.04 Å². The summed E-state index contributed by atoms with van der Waals surface area (Å²) in [6, 6.07) is -0.474. The van der Waals surface area contributed by atoms with Crippen molar-refractivity contribution >= 4 is 24.0 Å². The molecule has 0 aromatic heterocycles. The Labute approximate surface area is 138 Å². The molecule has 23 heavy (non-hydrogen) atoms. The van der Waals surface area contributed by atoms with Crippen molar-refractivity contribution in [2.24, 2.45) is 5.92 Å². The molecule has 0 radical (unpaired) electrons. The van der Waals surface area contributed by atoms with Gasteiger partial charge in [-0.25, -0.2) is 0 Å². The van der Waals surface area contributed by atoms with Gasteiger partial charge in [-0.05, 0) is 25.8 Å². The van der Waals surface area contributed by atoms with Crippen molar-refractivity contribution < 1.29 is 19.2 Å². The maximum absolute atomic E-state index is 11.9.